The Morgan fingerprint density at radius 1 is 1.11 bits per heavy atom. The summed E-state index contributed by atoms with van der Waals surface area (Å²) < 4.78 is 27.9. The summed E-state index contributed by atoms with van der Waals surface area (Å²) in [5.41, 5.74) is 8.62. The molecule has 3 aromatic rings. The molecular formula is C14H11F2N3. The minimum atomic E-state index is -0.912. The first-order chi connectivity index (χ1) is 9.06. The summed E-state index contributed by atoms with van der Waals surface area (Å²) in [6, 6.07) is 7.37. The van der Waals surface area contributed by atoms with Gasteiger partial charge in [-0.2, -0.15) is 0 Å². The van der Waals surface area contributed by atoms with Crippen molar-refractivity contribution in [1.82, 2.24) is 9.38 Å². The molecule has 0 spiro atoms. The van der Waals surface area contributed by atoms with Gasteiger partial charge in [0.05, 0.1) is 0 Å². The summed E-state index contributed by atoms with van der Waals surface area (Å²) in [4.78, 5) is 4.34. The molecule has 19 heavy (non-hydrogen) atoms. The van der Waals surface area contributed by atoms with Crippen LogP contribution in [0.3, 0.4) is 0 Å². The quantitative estimate of drug-likeness (QED) is 0.729. The van der Waals surface area contributed by atoms with Crippen LogP contribution in [0.1, 0.15) is 5.56 Å². The second-order valence-electron chi connectivity index (χ2n) is 4.41. The number of nitrogens with zero attached hydrogens (tertiary/aromatic N) is 2. The maximum atomic E-state index is 13.3. The predicted octanol–water partition coefficient (Wildman–Crippen LogP) is 3.17. The Labute approximate surface area is 108 Å². The number of imidazole rings is 1. The van der Waals surface area contributed by atoms with Crippen molar-refractivity contribution in [2.75, 3.05) is 5.73 Å². The molecule has 0 aliphatic heterocycles. The number of aryl methyl sites for hydroxylation is 1. The van der Waals surface area contributed by atoms with Gasteiger partial charge < -0.3 is 5.73 Å². The Balaban J connectivity index is 2.24. The normalized spacial score (nSPS) is 11.1. The first-order valence-electron chi connectivity index (χ1n) is 5.76. The molecule has 2 N–H and O–H groups in total. The molecule has 0 fully saturated rings. The monoisotopic (exact) mass is 259 g/mol. The number of fused-ring (bicyclic) bond motifs is 1. The number of hydrogen-bond acceptors (Lipinski definition) is 2. The Morgan fingerprint density at radius 3 is 2.63 bits per heavy atom. The number of hydrogen-bond donors (Lipinski definition) is 1. The summed E-state index contributed by atoms with van der Waals surface area (Å²) in [7, 11) is 0. The fourth-order valence-electron chi connectivity index (χ4n) is 2.02. The minimum absolute atomic E-state index is 0.407. The first-order valence-corrected chi connectivity index (χ1v) is 5.76. The topological polar surface area (TPSA) is 43.3 Å². The smallest absolute Gasteiger partial charge is 0.159 e. The number of aromatic nitrogens is 2. The third-order valence-corrected chi connectivity index (χ3v) is 3.00. The van der Waals surface area contributed by atoms with E-state index in [1.165, 1.54) is 6.07 Å². The molecular weight excluding hydrogens is 248 g/mol. The summed E-state index contributed by atoms with van der Waals surface area (Å²) in [5.74, 6) is -1.39. The third kappa shape index (κ3) is 1.83. The number of nitrogens with two attached hydrogens (primary N) is 1. The molecule has 0 bridgehead atoms. The van der Waals surface area contributed by atoms with E-state index in [2.05, 4.69) is 4.98 Å². The highest BCUT2D eigenvalue weighted by Crippen LogP contribution is 2.27. The molecule has 1 aromatic carbocycles. The zero-order valence-electron chi connectivity index (χ0n) is 10.2. The molecule has 3 rings (SSSR count). The number of pyridine rings is 1. The maximum Gasteiger partial charge on any atom is 0.159 e. The Hall–Kier alpha value is -2.43. The lowest BCUT2D eigenvalue weighted by Crippen LogP contribution is -1.95. The third-order valence-electron chi connectivity index (χ3n) is 3.00. The van der Waals surface area contributed by atoms with Gasteiger partial charge in [-0.15, -0.1) is 0 Å². The van der Waals surface area contributed by atoms with Crippen molar-refractivity contribution in [3.63, 3.8) is 0 Å². The van der Waals surface area contributed by atoms with E-state index in [0.717, 1.165) is 17.7 Å². The molecule has 0 saturated heterocycles. The molecule has 5 heteroatoms. The number of benzene rings is 1. The fourth-order valence-corrected chi connectivity index (χ4v) is 2.02. The number of halogens is 2. The Bertz CT molecular complexity index is 778. The molecule has 2 aromatic heterocycles. The van der Waals surface area contributed by atoms with Crippen molar-refractivity contribution >= 4 is 11.5 Å². The molecule has 0 amide bonds. The molecule has 0 aliphatic carbocycles. The van der Waals surface area contributed by atoms with Crippen molar-refractivity contribution in [3.05, 3.63) is 53.7 Å². The van der Waals surface area contributed by atoms with Crippen LogP contribution >= 0.6 is 0 Å². The van der Waals surface area contributed by atoms with Crippen LogP contribution in [0.2, 0.25) is 0 Å². The van der Waals surface area contributed by atoms with Gasteiger partial charge in [-0.05, 0) is 36.8 Å². The average molecular weight is 259 g/mol. The molecule has 0 unspecified atom stereocenters. The number of rotatable bonds is 1. The van der Waals surface area contributed by atoms with Crippen molar-refractivity contribution in [3.8, 4) is 11.3 Å². The van der Waals surface area contributed by atoms with Crippen LogP contribution in [0.4, 0.5) is 14.6 Å². The highest BCUT2D eigenvalue weighted by molar-refractivity contribution is 5.75. The standard InChI is InChI=1S/C14H11F2N3/c1-8-2-5-12-18-13(14(17)19(12)7-8)9-3-4-10(15)11(16)6-9/h2-7H,17H2,1H3. The van der Waals surface area contributed by atoms with Gasteiger partial charge in [0.2, 0.25) is 0 Å². The van der Waals surface area contributed by atoms with Gasteiger partial charge in [-0.3, -0.25) is 4.40 Å². The van der Waals surface area contributed by atoms with Gasteiger partial charge in [0.25, 0.3) is 0 Å². The Morgan fingerprint density at radius 2 is 1.89 bits per heavy atom. The zero-order valence-corrected chi connectivity index (χ0v) is 10.2. The predicted molar refractivity (Wildman–Crippen MR) is 69.7 cm³/mol. The van der Waals surface area contributed by atoms with E-state index in [1.807, 2.05) is 25.3 Å². The van der Waals surface area contributed by atoms with Crippen LogP contribution in [0.15, 0.2) is 36.5 Å². The van der Waals surface area contributed by atoms with Gasteiger partial charge in [0.15, 0.2) is 11.6 Å². The lowest BCUT2D eigenvalue weighted by molar-refractivity contribution is 0.509. The number of anilines is 1. The van der Waals surface area contributed by atoms with Crippen molar-refractivity contribution in [2.45, 2.75) is 6.92 Å². The van der Waals surface area contributed by atoms with Crippen LogP contribution in [-0.4, -0.2) is 9.38 Å². The van der Waals surface area contributed by atoms with Crippen LogP contribution in [-0.2, 0) is 0 Å². The van der Waals surface area contributed by atoms with E-state index < -0.39 is 11.6 Å². The zero-order chi connectivity index (χ0) is 13.6. The van der Waals surface area contributed by atoms with Crippen molar-refractivity contribution in [1.29, 1.82) is 0 Å². The second-order valence-corrected chi connectivity index (χ2v) is 4.41. The summed E-state index contributed by atoms with van der Waals surface area (Å²) in [5, 5.41) is 0. The van der Waals surface area contributed by atoms with E-state index in [9.17, 15) is 8.78 Å². The van der Waals surface area contributed by atoms with E-state index >= 15 is 0 Å². The van der Waals surface area contributed by atoms with Crippen LogP contribution in [0.25, 0.3) is 16.9 Å². The summed E-state index contributed by atoms with van der Waals surface area (Å²) >= 11 is 0. The molecule has 96 valence electrons. The second kappa shape index (κ2) is 4.05. The molecule has 0 radical (unpaired) electrons. The lowest BCUT2D eigenvalue weighted by Gasteiger charge is -2.01. The largest absolute Gasteiger partial charge is 0.383 e. The van der Waals surface area contributed by atoms with Crippen molar-refractivity contribution < 1.29 is 8.78 Å². The summed E-state index contributed by atoms with van der Waals surface area (Å²) in [6.45, 7) is 1.94. The van der Waals surface area contributed by atoms with E-state index in [-0.39, 0.29) is 0 Å². The SMILES string of the molecule is Cc1ccc2nc(-c3ccc(F)c(F)c3)c(N)n2c1. The highest BCUT2D eigenvalue weighted by Gasteiger charge is 2.13. The molecule has 2 heterocycles. The van der Waals surface area contributed by atoms with Crippen LogP contribution < -0.4 is 5.73 Å². The molecule has 0 aliphatic rings. The lowest BCUT2D eigenvalue weighted by atomic mass is 10.1. The van der Waals surface area contributed by atoms with Gasteiger partial charge in [0.1, 0.15) is 17.2 Å². The van der Waals surface area contributed by atoms with Crippen LogP contribution in [0, 0.1) is 18.6 Å². The van der Waals surface area contributed by atoms with Crippen molar-refractivity contribution in [2.24, 2.45) is 0 Å². The van der Waals surface area contributed by atoms with E-state index in [4.69, 9.17) is 5.73 Å². The Kier molecular flexibility index (Phi) is 2.48. The first kappa shape index (κ1) is 11.6. The van der Waals surface area contributed by atoms with E-state index in [0.29, 0.717) is 22.7 Å². The molecule has 0 atom stereocenters. The number of nitrogen functional groups attached to an aromatic ring is 1. The van der Waals surface area contributed by atoms with Gasteiger partial charge >= 0.3 is 0 Å². The van der Waals surface area contributed by atoms with Gasteiger partial charge in [-0.25, -0.2) is 13.8 Å². The highest BCUT2D eigenvalue weighted by atomic mass is 19.2. The van der Waals surface area contributed by atoms with Gasteiger partial charge in [0, 0.05) is 11.8 Å². The van der Waals surface area contributed by atoms with E-state index in [1.54, 1.807) is 4.40 Å². The molecule has 3 nitrogen and oxygen atoms in total. The summed E-state index contributed by atoms with van der Waals surface area (Å²) in [6.07, 6.45) is 1.85. The maximum absolute atomic E-state index is 13.3. The van der Waals surface area contributed by atoms with Gasteiger partial charge in [-0.1, -0.05) is 6.07 Å². The molecule has 0 saturated carbocycles. The van der Waals surface area contributed by atoms with Crippen LogP contribution in [0.5, 0.6) is 0 Å². The average Bonchev–Trinajstić information content (AvgIpc) is 2.70. The minimum Gasteiger partial charge on any atom is -0.383 e. The fraction of sp³-hybridized carbons (Fsp3) is 0.0714.